The second-order valence-electron chi connectivity index (χ2n) is 5.65. The molecule has 1 aromatic carbocycles. The molecule has 1 aromatic rings. The largest absolute Gasteiger partial charge is 0.381 e. The number of hydrogen-bond donors (Lipinski definition) is 1. The maximum Gasteiger partial charge on any atom is 0.272 e. The molecule has 0 spiro atoms. The molecule has 0 amide bonds. The van der Waals surface area contributed by atoms with E-state index in [-0.39, 0.29) is 10.6 Å². The van der Waals surface area contributed by atoms with Crippen LogP contribution in [-0.4, -0.2) is 35.5 Å². The first-order chi connectivity index (χ1) is 9.13. The van der Waals surface area contributed by atoms with Crippen LogP contribution in [0.25, 0.3) is 0 Å². The van der Waals surface area contributed by atoms with E-state index < -0.39 is 0 Å². The number of nitrogens with one attached hydrogen (secondary N) is 1. The molecule has 3 aliphatic heterocycles. The molecule has 19 heavy (non-hydrogen) atoms. The average molecular weight is 261 g/mol. The van der Waals surface area contributed by atoms with Gasteiger partial charge in [-0.2, -0.15) is 0 Å². The fraction of sp³-hybridized carbons (Fsp3) is 0.571. The summed E-state index contributed by atoms with van der Waals surface area (Å²) in [7, 11) is 0. The Morgan fingerprint density at radius 2 is 2.11 bits per heavy atom. The Kier molecular flexibility index (Phi) is 3.14. The molecule has 4 rings (SSSR count). The van der Waals surface area contributed by atoms with Crippen molar-refractivity contribution >= 4 is 11.4 Å². The average Bonchev–Trinajstić information content (AvgIpc) is 2.39. The Morgan fingerprint density at radius 3 is 2.63 bits per heavy atom. The summed E-state index contributed by atoms with van der Waals surface area (Å²) in [5.74, 6) is 0.750. The highest BCUT2D eigenvalue weighted by atomic mass is 16.6. The first-order valence-electron chi connectivity index (χ1n) is 6.87. The Morgan fingerprint density at radius 1 is 1.37 bits per heavy atom. The van der Waals surface area contributed by atoms with Crippen molar-refractivity contribution in [1.29, 1.82) is 0 Å². The van der Waals surface area contributed by atoms with Gasteiger partial charge in [0.1, 0.15) is 0 Å². The fourth-order valence-corrected chi connectivity index (χ4v) is 3.29. The van der Waals surface area contributed by atoms with Gasteiger partial charge in [0.05, 0.1) is 4.92 Å². The Balaban J connectivity index is 1.73. The minimum absolute atomic E-state index is 0.194. The summed E-state index contributed by atoms with van der Waals surface area (Å²) >= 11 is 0. The molecular weight excluding hydrogens is 242 g/mol. The number of nitro groups is 1. The molecule has 3 fully saturated rings. The molecule has 1 N–H and O–H groups in total. The normalized spacial score (nSPS) is 29.2. The first-order valence-corrected chi connectivity index (χ1v) is 6.87. The smallest absolute Gasteiger partial charge is 0.272 e. The van der Waals surface area contributed by atoms with E-state index in [2.05, 4.69) is 10.2 Å². The van der Waals surface area contributed by atoms with Crippen molar-refractivity contribution < 1.29 is 4.92 Å². The predicted molar refractivity (Wildman–Crippen MR) is 74.4 cm³/mol. The van der Waals surface area contributed by atoms with E-state index in [1.807, 2.05) is 12.1 Å². The van der Waals surface area contributed by atoms with Crippen molar-refractivity contribution in [2.75, 3.05) is 25.0 Å². The predicted octanol–water partition coefficient (Wildman–Crippen LogP) is 2.41. The molecule has 0 aliphatic carbocycles. The van der Waals surface area contributed by atoms with Gasteiger partial charge in [-0.15, -0.1) is 0 Å². The monoisotopic (exact) mass is 261 g/mol. The summed E-state index contributed by atoms with van der Waals surface area (Å²) < 4.78 is 0. The third-order valence-corrected chi connectivity index (χ3v) is 4.40. The Bertz CT molecular complexity index is 495. The molecule has 2 bridgehead atoms. The van der Waals surface area contributed by atoms with Crippen molar-refractivity contribution in [2.45, 2.75) is 25.8 Å². The van der Waals surface area contributed by atoms with Gasteiger partial charge in [0, 0.05) is 29.9 Å². The van der Waals surface area contributed by atoms with Crippen LogP contribution in [0.2, 0.25) is 0 Å². The van der Waals surface area contributed by atoms with Crippen LogP contribution in [0.15, 0.2) is 18.2 Å². The molecule has 0 radical (unpaired) electrons. The van der Waals surface area contributed by atoms with E-state index in [0.29, 0.717) is 6.04 Å². The summed E-state index contributed by atoms with van der Waals surface area (Å²) in [6.07, 6.45) is 2.53. The van der Waals surface area contributed by atoms with Crippen molar-refractivity contribution in [1.82, 2.24) is 4.90 Å². The van der Waals surface area contributed by atoms with Crippen LogP contribution in [0.5, 0.6) is 0 Å². The van der Waals surface area contributed by atoms with Gasteiger partial charge in [-0.25, -0.2) is 0 Å². The van der Waals surface area contributed by atoms with Crippen molar-refractivity contribution in [3.63, 3.8) is 0 Å². The van der Waals surface area contributed by atoms with Crippen LogP contribution in [0.3, 0.4) is 0 Å². The van der Waals surface area contributed by atoms with Crippen LogP contribution in [0.4, 0.5) is 11.4 Å². The fourth-order valence-electron chi connectivity index (χ4n) is 3.29. The third-order valence-electron chi connectivity index (χ3n) is 4.40. The maximum atomic E-state index is 10.8. The van der Waals surface area contributed by atoms with Gasteiger partial charge in [-0.3, -0.25) is 10.1 Å². The number of aryl methyl sites for hydroxylation is 1. The molecule has 3 heterocycles. The van der Waals surface area contributed by atoms with Crippen molar-refractivity contribution in [3.05, 3.63) is 33.9 Å². The van der Waals surface area contributed by atoms with Crippen LogP contribution in [0.1, 0.15) is 18.4 Å². The van der Waals surface area contributed by atoms with Gasteiger partial charge >= 0.3 is 0 Å². The number of piperidine rings is 3. The van der Waals surface area contributed by atoms with Gasteiger partial charge < -0.3 is 10.2 Å². The number of benzene rings is 1. The zero-order chi connectivity index (χ0) is 13.4. The van der Waals surface area contributed by atoms with Crippen LogP contribution < -0.4 is 5.32 Å². The third kappa shape index (κ3) is 2.42. The summed E-state index contributed by atoms with van der Waals surface area (Å²) in [6, 6.07) is 5.79. The molecule has 5 nitrogen and oxygen atoms in total. The topological polar surface area (TPSA) is 58.4 Å². The van der Waals surface area contributed by atoms with Crippen LogP contribution in [-0.2, 0) is 0 Å². The standard InChI is InChI=1S/C14H19N3O2/c1-10-8-12(2-3-14(10)17(18)19)15-13-9-16-6-4-11(13)5-7-16/h2-3,8,11,13,15H,4-7,9H2,1H3. The van der Waals surface area contributed by atoms with Gasteiger partial charge in [0.2, 0.25) is 0 Å². The summed E-state index contributed by atoms with van der Waals surface area (Å²) in [5.41, 5.74) is 1.91. The van der Waals surface area contributed by atoms with Crippen molar-refractivity contribution in [2.24, 2.45) is 5.92 Å². The molecule has 1 unspecified atom stereocenters. The zero-order valence-electron chi connectivity index (χ0n) is 11.1. The summed E-state index contributed by atoms with van der Waals surface area (Å²) in [6.45, 7) is 5.34. The lowest BCUT2D eigenvalue weighted by molar-refractivity contribution is -0.385. The number of fused-ring (bicyclic) bond motifs is 3. The molecule has 0 saturated carbocycles. The quantitative estimate of drug-likeness (QED) is 0.670. The highest BCUT2D eigenvalue weighted by molar-refractivity contribution is 5.54. The lowest BCUT2D eigenvalue weighted by Crippen LogP contribution is -2.53. The van der Waals surface area contributed by atoms with E-state index in [9.17, 15) is 10.1 Å². The van der Waals surface area contributed by atoms with E-state index in [4.69, 9.17) is 0 Å². The lowest BCUT2D eigenvalue weighted by Gasteiger charge is -2.45. The molecular formula is C14H19N3O2. The van der Waals surface area contributed by atoms with E-state index >= 15 is 0 Å². The van der Waals surface area contributed by atoms with E-state index in [1.165, 1.54) is 25.9 Å². The first kappa shape index (κ1) is 12.4. The lowest BCUT2D eigenvalue weighted by atomic mass is 9.84. The minimum Gasteiger partial charge on any atom is -0.381 e. The van der Waals surface area contributed by atoms with Gasteiger partial charge in [0.15, 0.2) is 0 Å². The van der Waals surface area contributed by atoms with E-state index in [0.717, 1.165) is 23.7 Å². The van der Waals surface area contributed by atoms with E-state index in [1.54, 1.807) is 13.0 Å². The second-order valence-corrected chi connectivity index (χ2v) is 5.65. The number of rotatable bonds is 3. The highest BCUT2D eigenvalue weighted by Gasteiger charge is 2.33. The van der Waals surface area contributed by atoms with Crippen molar-refractivity contribution in [3.8, 4) is 0 Å². The molecule has 5 heteroatoms. The number of nitrogens with zero attached hydrogens (tertiary/aromatic N) is 2. The van der Waals surface area contributed by atoms with Crippen LogP contribution >= 0.6 is 0 Å². The SMILES string of the molecule is Cc1cc(NC2CN3CCC2CC3)ccc1[N+](=O)[O-]. The number of anilines is 1. The molecule has 3 saturated heterocycles. The minimum atomic E-state index is -0.326. The Hall–Kier alpha value is -1.62. The Labute approximate surface area is 112 Å². The molecule has 1 atom stereocenters. The van der Waals surface area contributed by atoms with Gasteiger partial charge in [-0.05, 0) is 50.9 Å². The highest BCUT2D eigenvalue weighted by Crippen LogP contribution is 2.30. The number of nitro benzene ring substituents is 1. The second kappa shape index (κ2) is 4.81. The number of hydrogen-bond acceptors (Lipinski definition) is 4. The summed E-state index contributed by atoms with van der Waals surface area (Å²) in [5, 5.41) is 14.4. The molecule has 102 valence electrons. The van der Waals surface area contributed by atoms with Crippen LogP contribution in [0, 0.1) is 23.0 Å². The van der Waals surface area contributed by atoms with Gasteiger partial charge in [0.25, 0.3) is 5.69 Å². The molecule has 0 aromatic heterocycles. The zero-order valence-corrected chi connectivity index (χ0v) is 11.1. The maximum absolute atomic E-state index is 10.8. The summed E-state index contributed by atoms with van der Waals surface area (Å²) in [4.78, 5) is 13.0. The van der Waals surface area contributed by atoms with Gasteiger partial charge in [-0.1, -0.05) is 0 Å². The molecule has 3 aliphatic rings.